The van der Waals surface area contributed by atoms with Crippen LogP contribution in [0.15, 0.2) is 22.7 Å². The molecule has 0 saturated carbocycles. The van der Waals surface area contributed by atoms with Crippen molar-refractivity contribution < 1.29 is 9.18 Å². The second kappa shape index (κ2) is 6.83. The lowest BCUT2D eigenvalue weighted by Crippen LogP contribution is -2.23. The Morgan fingerprint density at radius 3 is 2.75 bits per heavy atom. The van der Waals surface area contributed by atoms with Crippen molar-refractivity contribution in [2.24, 2.45) is 5.73 Å². The molecule has 1 atom stereocenters. The van der Waals surface area contributed by atoms with Gasteiger partial charge in [-0.3, -0.25) is 4.79 Å². The molecule has 1 unspecified atom stereocenters. The summed E-state index contributed by atoms with van der Waals surface area (Å²) in [5.41, 5.74) is 6.02. The summed E-state index contributed by atoms with van der Waals surface area (Å²) in [6, 6.07) is 4.10. The molecule has 0 spiro atoms. The lowest BCUT2D eigenvalue weighted by atomic mass is 10.2. The van der Waals surface area contributed by atoms with E-state index in [-0.39, 0.29) is 36.6 Å². The predicted molar refractivity (Wildman–Crippen MR) is 68.2 cm³/mol. The van der Waals surface area contributed by atoms with Crippen molar-refractivity contribution in [2.75, 3.05) is 5.32 Å². The molecule has 0 aliphatic carbocycles. The first-order chi connectivity index (χ1) is 6.99. The van der Waals surface area contributed by atoms with Crippen LogP contribution < -0.4 is 11.1 Å². The van der Waals surface area contributed by atoms with E-state index >= 15 is 0 Å². The SMILES string of the molecule is CC(N)CC(=O)Nc1ccc(F)c(Br)c1.Cl. The van der Waals surface area contributed by atoms with Crippen molar-refractivity contribution in [1.29, 1.82) is 0 Å². The molecule has 0 saturated heterocycles. The van der Waals surface area contributed by atoms with Gasteiger partial charge < -0.3 is 11.1 Å². The van der Waals surface area contributed by atoms with Gasteiger partial charge in [0.15, 0.2) is 0 Å². The number of benzene rings is 1. The highest BCUT2D eigenvalue weighted by Crippen LogP contribution is 2.20. The van der Waals surface area contributed by atoms with Crippen molar-refractivity contribution in [3.8, 4) is 0 Å². The summed E-state index contributed by atoms with van der Waals surface area (Å²) in [5.74, 6) is -0.538. The van der Waals surface area contributed by atoms with Crippen molar-refractivity contribution >= 4 is 39.9 Å². The zero-order valence-corrected chi connectivity index (χ0v) is 11.1. The molecule has 0 fully saturated rings. The summed E-state index contributed by atoms with van der Waals surface area (Å²) in [6.07, 6.45) is 0.245. The molecule has 90 valence electrons. The molecule has 0 radical (unpaired) electrons. The fourth-order valence-corrected chi connectivity index (χ4v) is 1.46. The highest BCUT2D eigenvalue weighted by Gasteiger charge is 2.06. The third kappa shape index (κ3) is 4.92. The van der Waals surface area contributed by atoms with E-state index in [2.05, 4.69) is 21.2 Å². The summed E-state index contributed by atoms with van der Waals surface area (Å²) in [6.45, 7) is 1.75. The van der Waals surface area contributed by atoms with E-state index in [0.29, 0.717) is 10.2 Å². The van der Waals surface area contributed by atoms with E-state index in [0.717, 1.165) is 0 Å². The number of carbonyl (C=O) groups is 1. The first-order valence-corrected chi connectivity index (χ1v) is 5.29. The van der Waals surface area contributed by atoms with Gasteiger partial charge in [0.25, 0.3) is 0 Å². The minimum Gasteiger partial charge on any atom is -0.327 e. The molecule has 3 nitrogen and oxygen atoms in total. The van der Waals surface area contributed by atoms with Crippen LogP contribution in [-0.4, -0.2) is 11.9 Å². The average molecular weight is 312 g/mol. The normalized spacial score (nSPS) is 11.5. The lowest BCUT2D eigenvalue weighted by Gasteiger charge is -2.07. The van der Waals surface area contributed by atoms with E-state index in [9.17, 15) is 9.18 Å². The van der Waals surface area contributed by atoms with Crippen LogP contribution in [0.2, 0.25) is 0 Å². The number of hydrogen-bond acceptors (Lipinski definition) is 2. The maximum atomic E-state index is 12.9. The standard InChI is InChI=1S/C10H12BrFN2O.ClH/c1-6(13)4-10(15)14-7-2-3-9(12)8(11)5-7;/h2-3,5-6H,4,13H2,1H3,(H,14,15);1H. The maximum Gasteiger partial charge on any atom is 0.225 e. The van der Waals surface area contributed by atoms with E-state index < -0.39 is 0 Å². The zero-order valence-electron chi connectivity index (χ0n) is 8.67. The number of nitrogens with one attached hydrogen (secondary N) is 1. The summed E-state index contributed by atoms with van der Waals surface area (Å²) < 4.78 is 13.2. The van der Waals surface area contributed by atoms with Crippen LogP contribution in [0.1, 0.15) is 13.3 Å². The number of rotatable bonds is 3. The molecule has 3 N–H and O–H groups in total. The number of hydrogen-bond donors (Lipinski definition) is 2. The Labute approximate surface area is 108 Å². The van der Waals surface area contributed by atoms with Crippen molar-refractivity contribution in [2.45, 2.75) is 19.4 Å². The molecule has 1 aromatic rings. The summed E-state index contributed by atoms with van der Waals surface area (Å²) >= 11 is 3.04. The summed E-state index contributed by atoms with van der Waals surface area (Å²) in [7, 11) is 0. The molecule has 0 heterocycles. The second-order valence-electron chi connectivity index (χ2n) is 3.36. The molecule has 0 aliphatic heterocycles. The number of anilines is 1. The minimum atomic E-state index is -0.361. The van der Waals surface area contributed by atoms with Gasteiger partial charge in [0.05, 0.1) is 4.47 Å². The van der Waals surface area contributed by atoms with Gasteiger partial charge in [-0.15, -0.1) is 12.4 Å². The predicted octanol–water partition coefficient (Wildman–Crippen LogP) is 2.69. The quantitative estimate of drug-likeness (QED) is 0.902. The van der Waals surface area contributed by atoms with E-state index in [1.165, 1.54) is 18.2 Å². The molecule has 1 rings (SSSR count). The number of halogens is 3. The molecule has 16 heavy (non-hydrogen) atoms. The highest BCUT2D eigenvalue weighted by molar-refractivity contribution is 9.10. The van der Waals surface area contributed by atoms with E-state index in [1.54, 1.807) is 6.92 Å². The van der Waals surface area contributed by atoms with Crippen LogP contribution >= 0.6 is 28.3 Å². The lowest BCUT2D eigenvalue weighted by molar-refractivity contribution is -0.116. The van der Waals surface area contributed by atoms with Crippen molar-refractivity contribution in [3.05, 3.63) is 28.5 Å². The molecule has 0 bridgehead atoms. The molecular weight excluding hydrogens is 298 g/mol. The first-order valence-electron chi connectivity index (χ1n) is 4.49. The Morgan fingerprint density at radius 1 is 1.62 bits per heavy atom. The van der Waals surface area contributed by atoms with Gasteiger partial charge in [-0.05, 0) is 41.1 Å². The Bertz CT molecular complexity index is 374. The van der Waals surface area contributed by atoms with Gasteiger partial charge >= 0.3 is 0 Å². The van der Waals surface area contributed by atoms with E-state index in [1.807, 2.05) is 0 Å². The Morgan fingerprint density at radius 2 is 2.25 bits per heavy atom. The van der Waals surface area contributed by atoms with Crippen molar-refractivity contribution in [3.63, 3.8) is 0 Å². The van der Waals surface area contributed by atoms with Gasteiger partial charge in [0.2, 0.25) is 5.91 Å². The highest BCUT2D eigenvalue weighted by atomic mass is 79.9. The van der Waals surface area contributed by atoms with Crippen LogP contribution in [0, 0.1) is 5.82 Å². The van der Waals surface area contributed by atoms with Crippen LogP contribution in [0.3, 0.4) is 0 Å². The van der Waals surface area contributed by atoms with Crippen LogP contribution in [0.25, 0.3) is 0 Å². The van der Waals surface area contributed by atoms with Gasteiger partial charge in [-0.1, -0.05) is 0 Å². The van der Waals surface area contributed by atoms with Crippen LogP contribution in [-0.2, 0) is 4.79 Å². The maximum absolute atomic E-state index is 12.9. The fourth-order valence-electron chi connectivity index (χ4n) is 1.08. The number of amides is 1. The second-order valence-corrected chi connectivity index (χ2v) is 4.21. The van der Waals surface area contributed by atoms with Gasteiger partial charge in [-0.2, -0.15) is 0 Å². The third-order valence-electron chi connectivity index (χ3n) is 1.71. The summed E-state index contributed by atoms with van der Waals surface area (Å²) in [5, 5.41) is 2.63. The number of nitrogens with two attached hydrogens (primary N) is 1. The fraction of sp³-hybridized carbons (Fsp3) is 0.300. The largest absolute Gasteiger partial charge is 0.327 e. The number of carbonyl (C=O) groups excluding carboxylic acids is 1. The smallest absolute Gasteiger partial charge is 0.225 e. The monoisotopic (exact) mass is 310 g/mol. The first kappa shape index (κ1) is 15.3. The van der Waals surface area contributed by atoms with Crippen LogP contribution in [0.5, 0.6) is 0 Å². The Balaban J connectivity index is 0.00000225. The zero-order chi connectivity index (χ0) is 11.4. The topological polar surface area (TPSA) is 55.1 Å². The average Bonchev–Trinajstić information content (AvgIpc) is 2.10. The van der Waals surface area contributed by atoms with Gasteiger partial charge in [0.1, 0.15) is 5.82 Å². The van der Waals surface area contributed by atoms with Gasteiger partial charge in [0, 0.05) is 18.2 Å². The molecule has 6 heteroatoms. The van der Waals surface area contributed by atoms with E-state index in [4.69, 9.17) is 5.73 Å². The molecule has 0 aliphatic rings. The summed E-state index contributed by atoms with van der Waals surface area (Å²) in [4.78, 5) is 11.3. The third-order valence-corrected chi connectivity index (χ3v) is 2.32. The van der Waals surface area contributed by atoms with Crippen molar-refractivity contribution in [1.82, 2.24) is 0 Å². The van der Waals surface area contributed by atoms with Gasteiger partial charge in [-0.25, -0.2) is 4.39 Å². The molecule has 1 aromatic carbocycles. The molecule has 0 aromatic heterocycles. The Kier molecular flexibility index (Phi) is 6.55. The molecular formula is C10H13BrClFN2O. The minimum absolute atomic E-state index is 0. The molecule has 1 amide bonds. The van der Waals surface area contributed by atoms with Crippen LogP contribution in [0.4, 0.5) is 10.1 Å². The Hall–Kier alpha value is -0.650.